The zero-order valence-electron chi connectivity index (χ0n) is 11.8. The van der Waals surface area contributed by atoms with Gasteiger partial charge in [-0.2, -0.15) is 0 Å². The van der Waals surface area contributed by atoms with Crippen LogP contribution in [-0.2, 0) is 0 Å². The lowest BCUT2D eigenvalue weighted by Crippen LogP contribution is -2.22. The normalized spacial score (nSPS) is 10.8. The van der Waals surface area contributed by atoms with Crippen LogP contribution >= 0.6 is 19.7 Å². The smallest absolute Gasteiger partial charge is 0.0965 e. The highest BCUT2D eigenvalue weighted by atomic mass is 32.2. The molecule has 0 aliphatic rings. The molecule has 0 fully saturated rings. The Kier molecular flexibility index (Phi) is 4.69. The zero-order valence-corrected chi connectivity index (χ0v) is 13.5. The van der Waals surface area contributed by atoms with Gasteiger partial charge in [0, 0.05) is 7.92 Å². The first-order chi connectivity index (χ1) is 10.4. The van der Waals surface area contributed by atoms with E-state index in [2.05, 4.69) is 85.1 Å². The Hall–Kier alpha value is -1.63. The summed E-state index contributed by atoms with van der Waals surface area (Å²) in [5.41, 5.74) is 1.16. The van der Waals surface area contributed by atoms with Crippen LogP contribution in [0.4, 0.5) is 0 Å². The Morgan fingerprint density at radius 3 is 1.81 bits per heavy atom. The number of nitrogens with zero attached hydrogens (tertiary/aromatic N) is 1. The van der Waals surface area contributed by atoms with Crippen LogP contribution in [0.2, 0.25) is 0 Å². The van der Waals surface area contributed by atoms with Crippen molar-refractivity contribution in [2.45, 2.75) is 5.03 Å². The van der Waals surface area contributed by atoms with Crippen molar-refractivity contribution in [1.82, 2.24) is 4.98 Å². The van der Waals surface area contributed by atoms with Crippen molar-refractivity contribution in [3.05, 3.63) is 78.9 Å². The van der Waals surface area contributed by atoms with E-state index in [0.29, 0.717) is 0 Å². The molecule has 2 aromatic carbocycles. The molecule has 3 aromatic rings. The molecule has 0 aliphatic carbocycles. The molecule has 0 atom stereocenters. The lowest BCUT2D eigenvalue weighted by Gasteiger charge is -2.18. The van der Waals surface area contributed by atoms with Gasteiger partial charge in [-0.3, -0.25) is 0 Å². The molecule has 0 saturated carbocycles. The Labute approximate surface area is 131 Å². The van der Waals surface area contributed by atoms with E-state index in [4.69, 9.17) is 4.98 Å². The molecule has 1 aromatic heterocycles. The lowest BCUT2D eigenvalue weighted by molar-refractivity contribution is 1.18. The number of thioether (sulfide) groups is 1. The third-order valence-corrected chi connectivity index (χ3v) is 6.16. The van der Waals surface area contributed by atoms with Gasteiger partial charge in [-0.25, -0.2) is 4.98 Å². The van der Waals surface area contributed by atoms with Crippen LogP contribution in [0.25, 0.3) is 0 Å². The summed E-state index contributed by atoms with van der Waals surface area (Å²) in [4.78, 5) is 4.84. The van der Waals surface area contributed by atoms with Crippen molar-refractivity contribution in [3.63, 3.8) is 0 Å². The van der Waals surface area contributed by atoms with Gasteiger partial charge >= 0.3 is 0 Å². The first kappa shape index (κ1) is 14.3. The van der Waals surface area contributed by atoms with Crippen LogP contribution in [0.1, 0.15) is 0 Å². The highest BCUT2D eigenvalue weighted by Gasteiger charge is 2.17. The molecule has 1 nitrogen and oxygen atoms in total. The maximum atomic E-state index is 4.84. The summed E-state index contributed by atoms with van der Waals surface area (Å²) in [6, 6.07) is 27.7. The van der Waals surface area contributed by atoms with Gasteiger partial charge in [0.25, 0.3) is 0 Å². The number of benzene rings is 2. The van der Waals surface area contributed by atoms with Gasteiger partial charge in [-0.05, 0) is 29.0 Å². The van der Waals surface area contributed by atoms with E-state index in [-0.39, 0.29) is 0 Å². The minimum atomic E-state index is -0.592. The van der Waals surface area contributed by atoms with Crippen LogP contribution in [0, 0.1) is 0 Å². The molecule has 0 bridgehead atoms. The summed E-state index contributed by atoms with van der Waals surface area (Å²) < 4.78 is 0. The van der Waals surface area contributed by atoms with Gasteiger partial charge in [-0.1, -0.05) is 66.7 Å². The molecule has 0 N–H and O–H groups in total. The summed E-state index contributed by atoms with van der Waals surface area (Å²) in [6.45, 7) is 0. The molecule has 0 saturated heterocycles. The quantitative estimate of drug-likeness (QED) is 0.540. The fourth-order valence-electron chi connectivity index (χ4n) is 2.21. The summed E-state index contributed by atoms with van der Waals surface area (Å²) >= 11 is 1.69. The number of pyridine rings is 1. The lowest BCUT2D eigenvalue weighted by atomic mass is 10.4. The van der Waals surface area contributed by atoms with Crippen molar-refractivity contribution in [2.24, 2.45) is 0 Å². The topological polar surface area (TPSA) is 12.9 Å². The van der Waals surface area contributed by atoms with Crippen molar-refractivity contribution in [2.75, 3.05) is 6.26 Å². The van der Waals surface area contributed by atoms with E-state index in [9.17, 15) is 0 Å². The molecule has 0 radical (unpaired) electrons. The van der Waals surface area contributed by atoms with Crippen LogP contribution < -0.4 is 16.0 Å². The van der Waals surface area contributed by atoms with E-state index in [1.165, 1.54) is 10.6 Å². The average molecular weight is 309 g/mol. The first-order valence-electron chi connectivity index (χ1n) is 6.80. The fourth-order valence-corrected chi connectivity index (χ4v) is 4.89. The molecule has 1 heterocycles. The van der Waals surface area contributed by atoms with Gasteiger partial charge in [0.1, 0.15) is 0 Å². The van der Waals surface area contributed by atoms with Crippen LogP contribution in [0.3, 0.4) is 0 Å². The van der Waals surface area contributed by atoms with Gasteiger partial charge in [0.15, 0.2) is 0 Å². The Bertz CT molecular complexity index is 661. The second-order valence-electron chi connectivity index (χ2n) is 4.54. The molecule has 104 valence electrons. The van der Waals surface area contributed by atoms with E-state index in [1.54, 1.807) is 11.8 Å². The minimum absolute atomic E-state index is 0.592. The molecular weight excluding hydrogens is 293 g/mol. The highest BCUT2D eigenvalue weighted by Crippen LogP contribution is 2.32. The van der Waals surface area contributed by atoms with E-state index >= 15 is 0 Å². The van der Waals surface area contributed by atoms with Crippen molar-refractivity contribution in [3.8, 4) is 0 Å². The number of aromatic nitrogens is 1. The standard InChI is InChI=1S/C18H16NPS/c1-21-18-14-8-13-17(19-18)20(15-9-4-2-5-10-15)16-11-6-3-7-12-16/h2-14H,1H3. The number of hydrogen-bond acceptors (Lipinski definition) is 2. The van der Waals surface area contributed by atoms with Crippen LogP contribution in [0.5, 0.6) is 0 Å². The molecule has 0 unspecified atom stereocenters. The number of rotatable bonds is 4. The van der Waals surface area contributed by atoms with Gasteiger partial charge < -0.3 is 0 Å². The summed E-state index contributed by atoms with van der Waals surface area (Å²) in [5.74, 6) is 0. The maximum absolute atomic E-state index is 4.84. The largest absolute Gasteiger partial charge is 0.241 e. The second kappa shape index (κ2) is 6.89. The summed E-state index contributed by atoms with van der Waals surface area (Å²) in [5, 5.41) is 3.75. The van der Waals surface area contributed by atoms with Crippen molar-refractivity contribution >= 4 is 35.7 Å². The predicted octanol–water partition coefficient (Wildman–Crippen LogP) is 3.56. The van der Waals surface area contributed by atoms with Gasteiger partial charge in [-0.15, -0.1) is 11.8 Å². The van der Waals surface area contributed by atoms with Crippen LogP contribution in [0.15, 0.2) is 83.9 Å². The second-order valence-corrected chi connectivity index (χ2v) is 7.53. The molecule has 0 spiro atoms. The van der Waals surface area contributed by atoms with Crippen molar-refractivity contribution < 1.29 is 0 Å². The molecule has 0 aliphatic heterocycles. The maximum Gasteiger partial charge on any atom is 0.0965 e. The van der Waals surface area contributed by atoms with E-state index in [0.717, 1.165) is 10.5 Å². The van der Waals surface area contributed by atoms with E-state index < -0.39 is 7.92 Å². The highest BCUT2D eigenvalue weighted by molar-refractivity contribution is 7.98. The third kappa shape index (κ3) is 3.34. The van der Waals surface area contributed by atoms with Gasteiger partial charge in [0.05, 0.1) is 10.5 Å². The van der Waals surface area contributed by atoms with Gasteiger partial charge in [0.2, 0.25) is 0 Å². The average Bonchev–Trinajstić information content (AvgIpc) is 2.57. The van der Waals surface area contributed by atoms with Crippen LogP contribution in [-0.4, -0.2) is 11.2 Å². The zero-order chi connectivity index (χ0) is 14.5. The molecule has 0 amide bonds. The first-order valence-corrected chi connectivity index (χ1v) is 9.36. The SMILES string of the molecule is CSc1cccc(P(c2ccccc2)c2ccccc2)n1. The number of hydrogen-bond donors (Lipinski definition) is 0. The third-order valence-electron chi connectivity index (χ3n) is 3.18. The molecular formula is C18H16NPS. The monoisotopic (exact) mass is 309 g/mol. The fraction of sp³-hybridized carbons (Fsp3) is 0.0556. The Morgan fingerprint density at radius 2 is 1.29 bits per heavy atom. The Morgan fingerprint density at radius 1 is 0.714 bits per heavy atom. The van der Waals surface area contributed by atoms with E-state index in [1.807, 2.05) is 0 Å². The summed E-state index contributed by atoms with van der Waals surface area (Å²) in [6.07, 6.45) is 2.07. The molecule has 21 heavy (non-hydrogen) atoms. The van der Waals surface area contributed by atoms with Crippen molar-refractivity contribution in [1.29, 1.82) is 0 Å². The molecule has 3 rings (SSSR count). The molecule has 3 heteroatoms. The summed E-state index contributed by atoms with van der Waals surface area (Å²) in [7, 11) is -0.592. The predicted molar refractivity (Wildman–Crippen MR) is 94.7 cm³/mol. The minimum Gasteiger partial charge on any atom is -0.241 e. The Balaban J connectivity index is 2.12.